The van der Waals surface area contributed by atoms with Gasteiger partial charge in [-0.15, -0.1) is 0 Å². The Balaban J connectivity index is 1.66. The third-order valence-electron chi connectivity index (χ3n) is 4.75. The van der Waals surface area contributed by atoms with E-state index >= 15 is 0 Å². The van der Waals surface area contributed by atoms with Crippen LogP contribution in [0.3, 0.4) is 0 Å². The van der Waals surface area contributed by atoms with Crippen LogP contribution in [-0.4, -0.2) is 29.0 Å². The van der Waals surface area contributed by atoms with Crippen LogP contribution >= 0.6 is 0 Å². The van der Waals surface area contributed by atoms with Gasteiger partial charge in [-0.05, 0) is 49.6 Å². The largest absolute Gasteiger partial charge is 0.499 e. The highest BCUT2D eigenvalue weighted by atomic mass is 19.4. The molecule has 10 heteroatoms. The Bertz CT molecular complexity index is 973. The molecule has 0 radical (unpaired) electrons. The molecule has 0 aliphatic heterocycles. The zero-order valence-electron chi connectivity index (χ0n) is 16.4. The lowest BCUT2D eigenvalue weighted by Crippen LogP contribution is -2.41. The number of pyridine rings is 1. The maximum absolute atomic E-state index is 13.1. The van der Waals surface area contributed by atoms with Crippen molar-refractivity contribution in [1.29, 1.82) is 0 Å². The van der Waals surface area contributed by atoms with E-state index in [9.17, 15) is 31.5 Å². The van der Waals surface area contributed by atoms with Gasteiger partial charge in [-0.2, -0.15) is 22.0 Å². The number of ketones is 1. The van der Waals surface area contributed by atoms with Crippen molar-refractivity contribution in [3.63, 3.8) is 0 Å². The number of aromatic nitrogens is 1. The van der Waals surface area contributed by atoms with Crippen molar-refractivity contribution in [2.45, 2.75) is 44.5 Å². The van der Waals surface area contributed by atoms with Gasteiger partial charge in [0.1, 0.15) is 11.5 Å². The Morgan fingerprint density at radius 2 is 1.87 bits per heavy atom. The van der Waals surface area contributed by atoms with E-state index in [2.05, 4.69) is 15.0 Å². The van der Waals surface area contributed by atoms with Crippen LogP contribution in [0.15, 0.2) is 42.6 Å². The molecule has 1 atom stereocenters. The Hall–Kier alpha value is -3.04. The van der Waals surface area contributed by atoms with Crippen molar-refractivity contribution in [2.75, 3.05) is 0 Å². The third kappa shape index (κ3) is 5.77. The number of nitrogens with zero attached hydrogens (tertiary/aromatic N) is 1. The molecule has 1 fully saturated rings. The van der Waals surface area contributed by atoms with Gasteiger partial charge in [0.2, 0.25) is 0 Å². The minimum absolute atomic E-state index is 0.0681. The van der Waals surface area contributed by atoms with Gasteiger partial charge >= 0.3 is 12.3 Å². The average molecular weight is 442 g/mol. The smallest absolute Gasteiger partial charge is 0.426 e. The van der Waals surface area contributed by atoms with Gasteiger partial charge in [-0.25, -0.2) is 0 Å². The molecule has 166 valence electrons. The molecule has 1 amide bonds. The summed E-state index contributed by atoms with van der Waals surface area (Å²) in [6.45, 7) is 1.54. The number of Topliss-reactive ketones (excluding diaryl/α,β-unsaturated/α-hetero) is 1. The lowest BCUT2D eigenvalue weighted by molar-refractivity contribution is -0.360. The molecule has 1 aromatic heterocycles. The van der Waals surface area contributed by atoms with Crippen molar-refractivity contribution in [3.8, 4) is 5.75 Å². The highest BCUT2D eigenvalue weighted by molar-refractivity contribution is 5.94. The van der Waals surface area contributed by atoms with E-state index in [1.54, 1.807) is 0 Å². The highest BCUT2D eigenvalue weighted by Crippen LogP contribution is 2.37. The standard InChI is InChI=1S/C21H19F5N2O3/c1-12(14-3-2-4-17(10-14)31-21(25,26)20(22,23)24)28-19(30)15-7-8-27-16(9-15)11-18(29)13-5-6-13/h2-4,7-10,12-13H,5-6,11H2,1H3,(H,28,30)/t12-/m1/s1. The van der Waals surface area contributed by atoms with Crippen LogP contribution in [0.25, 0.3) is 0 Å². The summed E-state index contributed by atoms with van der Waals surface area (Å²) in [4.78, 5) is 28.6. The maximum atomic E-state index is 13.1. The summed E-state index contributed by atoms with van der Waals surface area (Å²) in [5, 5.41) is 2.63. The Morgan fingerprint density at radius 1 is 1.16 bits per heavy atom. The van der Waals surface area contributed by atoms with Crippen LogP contribution in [0, 0.1) is 5.92 Å². The van der Waals surface area contributed by atoms with Crippen molar-refractivity contribution in [3.05, 3.63) is 59.4 Å². The first kappa shape index (κ1) is 22.6. The molecule has 3 rings (SSSR count). The predicted molar refractivity (Wildman–Crippen MR) is 99.6 cm³/mol. The van der Waals surface area contributed by atoms with Crippen LogP contribution in [0.5, 0.6) is 5.75 Å². The first-order valence-electron chi connectivity index (χ1n) is 9.48. The van der Waals surface area contributed by atoms with Gasteiger partial charge in [0.05, 0.1) is 6.04 Å². The van der Waals surface area contributed by atoms with Crippen LogP contribution in [0.2, 0.25) is 0 Å². The molecule has 1 saturated carbocycles. The lowest BCUT2D eigenvalue weighted by Gasteiger charge is -2.21. The summed E-state index contributed by atoms with van der Waals surface area (Å²) in [5.74, 6) is -1.06. The van der Waals surface area contributed by atoms with Gasteiger partial charge in [0, 0.05) is 29.8 Å². The second kappa shape index (κ2) is 8.60. The van der Waals surface area contributed by atoms with Gasteiger partial charge in [0.25, 0.3) is 5.91 Å². The van der Waals surface area contributed by atoms with Crippen molar-refractivity contribution < 1.29 is 36.3 Å². The summed E-state index contributed by atoms with van der Waals surface area (Å²) < 4.78 is 67.1. The predicted octanol–water partition coefficient (Wildman–Crippen LogP) is 4.63. The number of hydrogen-bond acceptors (Lipinski definition) is 4. The highest BCUT2D eigenvalue weighted by Gasteiger charge is 2.61. The van der Waals surface area contributed by atoms with E-state index in [4.69, 9.17) is 0 Å². The van der Waals surface area contributed by atoms with Gasteiger partial charge < -0.3 is 10.1 Å². The minimum atomic E-state index is -5.86. The molecule has 1 N–H and O–H groups in total. The van der Waals surface area contributed by atoms with Crippen molar-refractivity contribution in [2.24, 2.45) is 5.92 Å². The molecule has 5 nitrogen and oxygen atoms in total. The lowest BCUT2D eigenvalue weighted by atomic mass is 10.1. The quantitative estimate of drug-likeness (QED) is 0.606. The number of halogens is 5. The SMILES string of the molecule is C[C@@H](NC(=O)c1ccnc(CC(=O)C2CC2)c1)c1cccc(OC(F)(F)C(F)(F)F)c1. The molecule has 1 aliphatic rings. The topological polar surface area (TPSA) is 68.3 Å². The first-order valence-corrected chi connectivity index (χ1v) is 9.48. The molecule has 1 heterocycles. The normalized spacial score (nSPS) is 15.3. The Labute approximate surface area is 174 Å². The third-order valence-corrected chi connectivity index (χ3v) is 4.75. The molecule has 1 aliphatic carbocycles. The number of carbonyl (C=O) groups is 2. The second-order valence-electron chi connectivity index (χ2n) is 7.34. The number of carbonyl (C=O) groups excluding carboxylic acids is 2. The van der Waals surface area contributed by atoms with Crippen molar-refractivity contribution in [1.82, 2.24) is 10.3 Å². The van der Waals surface area contributed by atoms with Crippen LogP contribution in [-0.2, 0) is 11.2 Å². The fourth-order valence-electron chi connectivity index (χ4n) is 2.86. The fourth-order valence-corrected chi connectivity index (χ4v) is 2.86. The molecule has 1 aromatic carbocycles. The molecule has 0 bridgehead atoms. The van der Waals surface area contributed by atoms with E-state index in [-0.39, 0.29) is 29.2 Å². The zero-order valence-corrected chi connectivity index (χ0v) is 16.4. The van der Waals surface area contributed by atoms with Gasteiger partial charge in [-0.3, -0.25) is 14.6 Å². The number of amides is 1. The number of ether oxygens (including phenoxy) is 1. The molecule has 31 heavy (non-hydrogen) atoms. The molecule has 0 spiro atoms. The van der Waals surface area contributed by atoms with Crippen LogP contribution in [0.1, 0.15) is 47.4 Å². The van der Waals surface area contributed by atoms with Crippen LogP contribution in [0.4, 0.5) is 22.0 Å². The summed E-state index contributed by atoms with van der Waals surface area (Å²) in [6, 6.07) is 6.88. The summed E-state index contributed by atoms with van der Waals surface area (Å²) >= 11 is 0. The van der Waals surface area contributed by atoms with Gasteiger partial charge in [0.15, 0.2) is 0 Å². The zero-order chi connectivity index (χ0) is 22.8. The average Bonchev–Trinajstić information content (AvgIpc) is 3.52. The van der Waals surface area contributed by atoms with E-state index in [0.29, 0.717) is 5.69 Å². The van der Waals surface area contributed by atoms with Crippen molar-refractivity contribution >= 4 is 11.7 Å². The molecule has 2 aromatic rings. The van der Waals surface area contributed by atoms with E-state index in [1.165, 1.54) is 37.4 Å². The number of rotatable bonds is 8. The first-order chi connectivity index (χ1) is 14.5. The summed E-state index contributed by atoms with van der Waals surface area (Å²) in [7, 11) is 0. The summed E-state index contributed by atoms with van der Waals surface area (Å²) in [6.07, 6.45) is -7.93. The number of alkyl halides is 5. The Morgan fingerprint density at radius 3 is 2.52 bits per heavy atom. The maximum Gasteiger partial charge on any atom is 0.499 e. The molecule has 0 unspecified atom stereocenters. The Kier molecular flexibility index (Phi) is 6.28. The minimum Gasteiger partial charge on any atom is -0.426 e. The fraction of sp³-hybridized carbons (Fsp3) is 0.381. The molecule has 0 saturated heterocycles. The van der Waals surface area contributed by atoms with E-state index < -0.39 is 30.0 Å². The van der Waals surface area contributed by atoms with E-state index in [1.807, 2.05) is 0 Å². The molecular weight excluding hydrogens is 423 g/mol. The van der Waals surface area contributed by atoms with E-state index in [0.717, 1.165) is 25.0 Å². The van der Waals surface area contributed by atoms with Crippen LogP contribution < -0.4 is 10.1 Å². The number of nitrogens with one attached hydrogen (secondary N) is 1. The summed E-state index contributed by atoms with van der Waals surface area (Å²) in [5.41, 5.74) is 0.973. The monoisotopic (exact) mass is 442 g/mol. The second-order valence-corrected chi connectivity index (χ2v) is 7.34. The number of hydrogen-bond donors (Lipinski definition) is 1. The molecular formula is C21H19F5N2O3. The van der Waals surface area contributed by atoms with Gasteiger partial charge in [-0.1, -0.05) is 12.1 Å². The number of benzene rings is 1.